The summed E-state index contributed by atoms with van der Waals surface area (Å²) in [6, 6.07) is 6.55. The quantitative estimate of drug-likeness (QED) is 0.859. The maximum atomic E-state index is 9.36. The highest BCUT2D eigenvalue weighted by Crippen LogP contribution is 2.29. The van der Waals surface area contributed by atoms with Crippen LogP contribution in [0.5, 0.6) is 0 Å². The number of hydrogen-bond acceptors (Lipinski definition) is 1. The summed E-state index contributed by atoms with van der Waals surface area (Å²) in [5, 5.41) is 9.36. The van der Waals surface area contributed by atoms with Crippen LogP contribution in [0.25, 0.3) is 11.3 Å². The van der Waals surface area contributed by atoms with Gasteiger partial charge in [-0.1, -0.05) is 6.07 Å². The molecule has 2 rings (SSSR count). The Kier molecular flexibility index (Phi) is 3.31. The zero-order valence-electron chi connectivity index (χ0n) is 11.8. The number of aromatic nitrogens is 1. The summed E-state index contributed by atoms with van der Waals surface area (Å²) in [6.07, 6.45) is 0. The minimum Gasteiger partial charge on any atom is -0.392 e. The number of benzene rings is 1. The van der Waals surface area contributed by atoms with Crippen LogP contribution in [-0.2, 0) is 13.7 Å². The summed E-state index contributed by atoms with van der Waals surface area (Å²) < 4.78 is 2.16. The molecule has 1 aromatic carbocycles. The summed E-state index contributed by atoms with van der Waals surface area (Å²) >= 11 is 0. The standard InChI is InChI=1S/C16H21NO/c1-10-6-12(3)15(7-11(10)2)16-8-14(9-18)13(4)17(16)5/h6-8,18H,9H2,1-5H3. The van der Waals surface area contributed by atoms with Crippen LogP contribution in [0.4, 0.5) is 0 Å². The van der Waals surface area contributed by atoms with Crippen LogP contribution in [-0.4, -0.2) is 9.67 Å². The Morgan fingerprint density at radius 2 is 1.56 bits per heavy atom. The molecule has 0 radical (unpaired) electrons. The molecule has 2 nitrogen and oxygen atoms in total. The van der Waals surface area contributed by atoms with Crippen molar-refractivity contribution in [2.24, 2.45) is 7.05 Å². The highest BCUT2D eigenvalue weighted by molar-refractivity contribution is 5.67. The van der Waals surface area contributed by atoms with Crippen molar-refractivity contribution in [3.8, 4) is 11.3 Å². The van der Waals surface area contributed by atoms with Gasteiger partial charge in [0.1, 0.15) is 0 Å². The lowest BCUT2D eigenvalue weighted by Gasteiger charge is -2.11. The van der Waals surface area contributed by atoms with E-state index in [1.54, 1.807) is 0 Å². The molecule has 1 heterocycles. The molecule has 0 fully saturated rings. The minimum atomic E-state index is 0.101. The molecule has 0 aliphatic heterocycles. The molecule has 0 aliphatic carbocycles. The zero-order chi connectivity index (χ0) is 13.4. The predicted molar refractivity (Wildman–Crippen MR) is 75.7 cm³/mol. The van der Waals surface area contributed by atoms with Crippen molar-refractivity contribution in [3.63, 3.8) is 0 Å². The molecule has 18 heavy (non-hydrogen) atoms. The maximum absolute atomic E-state index is 9.36. The van der Waals surface area contributed by atoms with Gasteiger partial charge in [-0.2, -0.15) is 0 Å². The first-order chi connectivity index (χ1) is 8.45. The fourth-order valence-electron chi connectivity index (χ4n) is 2.42. The zero-order valence-corrected chi connectivity index (χ0v) is 11.8. The van der Waals surface area contributed by atoms with Crippen LogP contribution in [0.15, 0.2) is 18.2 Å². The first kappa shape index (κ1) is 12.9. The predicted octanol–water partition coefficient (Wildman–Crippen LogP) is 3.42. The molecule has 96 valence electrons. The van der Waals surface area contributed by atoms with E-state index < -0.39 is 0 Å². The van der Waals surface area contributed by atoms with Crippen LogP contribution in [0, 0.1) is 27.7 Å². The fourth-order valence-corrected chi connectivity index (χ4v) is 2.42. The van der Waals surface area contributed by atoms with Gasteiger partial charge < -0.3 is 9.67 Å². The molecule has 2 aromatic rings. The molecule has 0 aliphatic rings. The molecule has 0 spiro atoms. The smallest absolute Gasteiger partial charge is 0.0699 e. The topological polar surface area (TPSA) is 25.2 Å². The van der Waals surface area contributed by atoms with Gasteiger partial charge in [0.05, 0.1) is 6.61 Å². The van der Waals surface area contributed by atoms with Crippen molar-refractivity contribution in [2.75, 3.05) is 0 Å². The van der Waals surface area contributed by atoms with Gasteiger partial charge in [-0.25, -0.2) is 0 Å². The molecule has 0 atom stereocenters. The average molecular weight is 243 g/mol. The molecule has 0 unspecified atom stereocenters. The van der Waals surface area contributed by atoms with Crippen LogP contribution in [0.2, 0.25) is 0 Å². The number of rotatable bonds is 2. The molecule has 0 saturated heterocycles. The molecule has 1 N–H and O–H groups in total. The van der Waals surface area contributed by atoms with Gasteiger partial charge in [0.15, 0.2) is 0 Å². The Morgan fingerprint density at radius 1 is 0.944 bits per heavy atom. The van der Waals surface area contributed by atoms with Crippen molar-refractivity contribution < 1.29 is 5.11 Å². The van der Waals surface area contributed by atoms with Crippen LogP contribution in [0.3, 0.4) is 0 Å². The molecule has 2 heteroatoms. The second-order valence-corrected chi connectivity index (χ2v) is 5.11. The van der Waals surface area contributed by atoms with E-state index in [1.165, 1.54) is 27.9 Å². The van der Waals surface area contributed by atoms with Crippen molar-refractivity contribution in [2.45, 2.75) is 34.3 Å². The van der Waals surface area contributed by atoms with Gasteiger partial charge >= 0.3 is 0 Å². The molecule has 1 aromatic heterocycles. The lowest BCUT2D eigenvalue weighted by atomic mass is 9.98. The highest BCUT2D eigenvalue weighted by Gasteiger charge is 2.12. The third kappa shape index (κ3) is 1.97. The first-order valence-electron chi connectivity index (χ1n) is 6.30. The molecular weight excluding hydrogens is 222 g/mol. The van der Waals surface area contributed by atoms with E-state index in [0.29, 0.717) is 0 Å². The minimum absolute atomic E-state index is 0.101. The van der Waals surface area contributed by atoms with Gasteiger partial charge in [-0.3, -0.25) is 0 Å². The van der Waals surface area contributed by atoms with Crippen molar-refractivity contribution in [3.05, 3.63) is 46.1 Å². The highest BCUT2D eigenvalue weighted by atomic mass is 16.3. The van der Waals surface area contributed by atoms with Gasteiger partial charge in [0, 0.05) is 24.0 Å². The Morgan fingerprint density at radius 3 is 2.11 bits per heavy atom. The van der Waals surface area contributed by atoms with E-state index in [0.717, 1.165) is 11.3 Å². The molecule has 0 saturated carbocycles. The maximum Gasteiger partial charge on any atom is 0.0699 e. The second-order valence-electron chi connectivity index (χ2n) is 5.11. The van der Waals surface area contributed by atoms with E-state index in [-0.39, 0.29) is 6.61 Å². The van der Waals surface area contributed by atoms with Gasteiger partial charge in [0.2, 0.25) is 0 Å². The Labute approximate surface area is 109 Å². The van der Waals surface area contributed by atoms with Crippen molar-refractivity contribution in [1.82, 2.24) is 4.57 Å². The molecule has 0 amide bonds. The van der Waals surface area contributed by atoms with Crippen LogP contribution < -0.4 is 0 Å². The normalized spacial score (nSPS) is 11.0. The Balaban J connectivity index is 2.66. The van der Waals surface area contributed by atoms with Gasteiger partial charge in [-0.15, -0.1) is 0 Å². The Hall–Kier alpha value is -1.54. The third-order valence-corrected chi connectivity index (χ3v) is 3.93. The number of nitrogens with zero attached hydrogens (tertiary/aromatic N) is 1. The van der Waals surface area contributed by atoms with Gasteiger partial charge in [0.25, 0.3) is 0 Å². The lowest BCUT2D eigenvalue weighted by molar-refractivity contribution is 0.281. The van der Waals surface area contributed by atoms with Crippen molar-refractivity contribution >= 4 is 0 Å². The van der Waals surface area contributed by atoms with E-state index in [9.17, 15) is 5.11 Å². The van der Waals surface area contributed by atoms with E-state index in [4.69, 9.17) is 0 Å². The summed E-state index contributed by atoms with van der Waals surface area (Å²) in [5.74, 6) is 0. The van der Waals surface area contributed by atoms with Crippen LogP contribution in [0.1, 0.15) is 27.9 Å². The third-order valence-electron chi connectivity index (χ3n) is 3.93. The summed E-state index contributed by atoms with van der Waals surface area (Å²) in [6.45, 7) is 8.57. The molecular formula is C16H21NO. The molecule has 0 bridgehead atoms. The average Bonchev–Trinajstić information content (AvgIpc) is 2.61. The summed E-state index contributed by atoms with van der Waals surface area (Å²) in [7, 11) is 2.05. The lowest BCUT2D eigenvalue weighted by Crippen LogP contribution is -1.97. The van der Waals surface area contributed by atoms with Crippen LogP contribution >= 0.6 is 0 Å². The van der Waals surface area contributed by atoms with Crippen molar-refractivity contribution in [1.29, 1.82) is 0 Å². The Bertz CT molecular complexity index is 594. The SMILES string of the molecule is Cc1cc(C)c(-c2cc(CO)c(C)n2C)cc1C. The number of aliphatic hydroxyl groups is 1. The van der Waals surface area contributed by atoms with E-state index >= 15 is 0 Å². The first-order valence-corrected chi connectivity index (χ1v) is 6.30. The van der Waals surface area contributed by atoms with Gasteiger partial charge in [-0.05, 0) is 62.1 Å². The summed E-state index contributed by atoms with van der Waals surface area (Å²) in [4.78, 5) is 0. The van der Waals surface area contributed by atoms with E-state index in [1.807, 2.05) is 6.92 Å². The second kappa shape index (κ2) is 4.62. The number of aryl methyl sites for hydroxylation is 3. The monoisotopic (exact) mass is 243 g/mol. The van der Waals surface area contributed by atoms with E-state index in [2.05, 4.69) is 50.6 Å². The summed E-state index contributed by atoms with van der Waals surface area (Å²) in [5.41, 5.74) is 8.48. The largest absolute Gasteiger partial charge is 0.392 e. The number of hydrogen-bond donors (Lipinski definition) is 1. The number of aliphatic hydroxyl groups excluding tert-OH is 1. The fraction of sp³-hybridized carbons (Fsp3) is 0.375.